The first-order valence-corrected chi connectivity index (χ1v) is 9.99. The molecular weight excluding hydrogens is 378 g/mol. The molecule has 0 fully saturated rings. The molecule has 5 heteroatoms. The summed E-state index contributed by atoms with van der Waals surface area (Å²) in [7, 11) is 3.25. The first-order valence-electron chi connectivity index (χ1n) is 9.99. The summed E-state index contributed by atoms with van der Waals surface area (Å²) in [4.78, 5) is 12.4. The van der Waals surface area contributed by atoms with Gasteiger partial charge in [0.15, 0.2) is 0 Å². The maximum Gasteiger partial charge on any atom is 0.244 e. The smallest absolute Gasteiger partial charge is 0.244 e. The van der Waals surface area contributed by atoms with Gasteiger partial charge in [-0.25, -0.2) is 0 Å². The fourth-order valence-electron chi connectivity index (χ4n) is 3.68. The minimum atomic E-state index is -0.164. The van der Waals surface area contributed by atoms with E-state index in [1.165, 1.54) is 5.56 Å². The number of hydrogen-bond acceptors (Lipinski definition) is 4. The number of carbonyl (C=O) groups excluding carboxylic acids is 1. The molecule has 1 N–H and O–H groups in total. The van der Waals surface area contributed by atoms with Crippen molar-refractivity contribution in [3.05, 3.63) is 59.4 Å². The molecule has 1 heterocycles. The lowest BCUT2D eigenvalue weighted by molar-refractivity contribution is -0.117. The Morgan fingerprint density at radius 2 is 1.90 bits per heavy atom. The number of aryl methyl sites for hydroxylation is 2. The molecule has 0 saturated carbocycles. The van der Waals surface area contributed by atoms with E-state index in [2.05, 4.69) is 36.5 Å². The second-order valence-electron chi connectivity index (χ2n) is 7.67. The minimum absolute atomic E-state index is 0.0697. The molecule has 30 heavy (non-hydrogen) atoms. The van der Waals surface area contributed by atoms with Gasteiger partial charge in [0.2, 0.25) is 5.91 Å². The van der Waals surface area contributed by atoms with Gasteiger partial charge in [-0.3, -0.25) is 4.79 Å². The van der Waals surface area contributed by atoms with Gasteiger partial charge in [0.25, 0.3) is 0 Å². The molecule has 1 aromatic heterocycles. The molecule has 0 aliphatic rings. The predicted molar refractivity (Wildman–Crippen MR) is 121 cm³/mol. The zero-order chi connectivity index (χ0) is 21.8. The van der Waals surface area contributed by atoms with Gasteiger partial charge in [-0.1, -0.05) is 29.8 Å². The Morgan fingerprint density at radius 3 is 2.53 bits per heavy atom. The first kappa shape index (κ1) is 21.7. The molecule has 3 aromatic rings. The maximum absolute atomic E-state index is 12.4. The normalized spacial score (nSPS) is 12.8. The van der Waals surface area contributed by atoms with Crippen LogP contribution in [0.5, 0.6) is 5.75 Å². The van der Waals surface area contributed by atoms with Crippen LogP contribution in [0.3, 0.4) is 0 Å². The van der Waals surface area contributed by atoms with Crippen LogP contribution in [0.2, 0.25) is 0 Å². The number of furan rings is 1. The third-order valence-corrected chi connectivity index (χ3v) is 5.19. The van der Waals surface area contributed by atoms with Crippen LogP contribution in [0.15, 0.2) is 47.1 Å². The van der Waals surface area contributed by atoms with Crippen LogP contribution in [-0.4, -0.2) is 32.8 Å². The van der Waals surface area contributed by atoms with Gasteiger partial charge in [-0.15, -0.1) is 0 Å². The quantitative estimate of drug-likeness (QED) is 0.541. The number of allylic oxidation sites excluding steroid dienone is 1. The van der Waals surface area contributed by atoms with Gasteiger partial charge < -0.3 is 19.2 Å². The molecule has 1 amide bonds. The number of nitrogens with one attached hydrogen (secondary N) is 1. The lowest BCUT2D eigenvalue weighted by Crippen LogP contribution is -2.34. The van der Waals surface area contributed by atoms with Gasteiger partial charge in [-0.05, 0) is 44.9 Å². The van der Waals surface area contributed by atoms with Crippen molar-refractivity contribution in [2.75, 3.05) is 20.8 Å². The van der Waals surface area contributed by atoms with Crippen molar-refractivity contribution in [1.82, 2.24) is 5.32 Å². The second kappa shape index (κ2) is 9.18. The van der Waals surface area contributed by atoms with Crippen molar-refractivity contribution >= 4 is 22.4 Å². The van der Waals surface area contributed by atoms with Crippen molar-refractivity contribution in [3.8, 4) is 16.9 Å². The van der Waals surface area contributed by atoms with Gasteiger partial charge in [-0.2, -0.15) is 0 Å². The van der Waals surface area contributed by atoms with E-state index in [-0.39, 0.29) is 11.9 Å². The van der Waals surface area contributed by atoms with E-state index < -0.39 is 0 Å². The minimum Gasteiger partial charge on any atom is -0.496 e. The number of carbonyl (C=O) groups is 1. The summed E-state index contributed by atoms with van der Waals surface area (Å²) >= 11 is 0. The standard InChI is InChI=1S/C25H29NO4/c1-15-7-9-19(10-8-15)22-14-30-25-18(4)24(29-6)20(12-21(22)25)16(2)11-23(27)26-17(3)13-28-5/h7-12,14,17H,13H2,1-6H3,(H,26,27)/b16-11+. The number of ether oxygens (including phenoxy) is 2. The molecular formula is C25H29NO4. The largest absolute Gasteiger partial charge is 0.496 e. The molecule has 1 atom stereocenters. The van der Waals surface area contributed by atoms with E-state index in [0.717, 1.165) is 38.8 Å². The fourth-order valence-corrected chi connectivity index (χ4v) is 3.68. The number of methoxy groups -OCH3 is 2. The molecule has 158 valence electrons. The first-order chi connectivity index (χ1) is 14.3. The average Bonchev–Trinajstić information content (AvgIpc) is 3.12. The Bertz CT molecular complexity index is 1080. The second-order valence-corrected chi connectivity index (χ2v) is 7.67. The van der Waals surface area contributed by atoms with Gasteiger partial charge >= 0.3 is 0 Å². The number of benzene rings is 2. The Labute approximate surface area is 177 Å². The predicted octanol–water partition coefficient (Wildman–Crippen LogP) is 5.28. The average molecular weight is 408 g/mol. The Hall–Kier alpha value is -3.05. The number of hydrogen-bond donors (Lipinski definition) is 1. The maximum atomic E-state index is 12.4. The molecule has 5 nitrogen and oxygen atoms in total. The highest BCUT2D eigenvalue weighted by Gasteiger charge is 2.19. The van der Waals surface area contributed by atoms with E-state index in [1.807, 2.05) is 26.8 Å². The lowest BCUT2D eigenvalue weighted by atomic mass is 9.96. The fraction of sp³-hybridized carbons (Fsp3) is 0.320. The molecule has 0 spiro atoms. The highest BCUT2D eigenvalue weighted by Crippen LogP contribution is 2.40. The molecule has 3 rings (SSSR count). The van der Waals surface area contributed by atoms with Crippen LogP contribution >= 0.6 is 0 Å². The van der Waals surface area contributed by atoms with Crippen LogP contribution in [-0.2, 0) is 9.53 Å². The van der Waals surface area contributed by atoms with E-state index in [1.54, 1.807) is 26.6 Å². The third kappa shape index (κ3) is 4.41. The van der Waals surface area contributed by atoms with Crippen molar-refractivity contribution in [1.29, 1.82) is 0 Å². The topological polar surface area (TPSA) is 60.7 Å². The van der Waals surface area contributed by atoms with Gasteiger partial charge in [0.05, 0.1) is 20.0 Å². The van der Waals surface area contributed by atoms with Crippen molar-refractivity contribution in [3.63, 3.8) is 0 Å². The number of rotatable bonds is 7. The molecule has 0 radical (unpaired) electrons. The summed E-state index contributed by atoms with van der Waals surface area (Å²) in [6.45, 7) is 8.32. The van der Waals surface area contributed by atoms with Crippen molar-refractivity contribution in [2.45, 2.75) is 33.7 Å². The molecule has 0 bridgehead atoms. The molecule has 0 saturated heterocycles. The van der Waals surface area contributed by atoms with Crippen LogP contribution in [0.4, 0.5) is 0 Å². The van der Waals surface area contributed by atoms with Crippen LogP contribution in [0, 0.1) is 13.8 Å². The summed E-state index contributed by atoms with van der Waals surface area (Å²) in [6, 6.07) is 10.3. The highest BCUT2D eigenvalue weighted by molar-refractivity contribution is 6.01. The summed E-state index contributed by atoms with van der Waals surface area (Å²) in [5.41, 5.74) is 6.69. The van der Waals surface area contributed by atoms with Gasteiger partial charge in [0.1, 0.15) is 11.3 Å². The van der Waals surface area contributed by atoms with E-state index in [0.29, 0.717) is 12.4 Å². The Kier molecular flexibility index (Phi) is 6.63. The highest BCUT2D eigenvalue weighted by atomic mass is 16.5. The lowest BCUT2D eigenvalue weighted by Gasteiger charge is -2.14. The van der Waals surface area contributed by atoms with Crippen molar-refractivity contribution in [2.24, 2.45) is 0 Å². The van der Waals surface area contributed by atoms with E-state index in [9.17, 15) is 4.79 Å². The van der Waals surface area contributed by atoms with Crippen LogP contribution in [0.25, 0.3) is 27.7 Å². The molecule has 0 aliphatic heterocycles. The molecule has 1 unspecified atom stereocenters. The van der Waals surface area contributed by atoms with Crippen LogP contribution in [0.1, 0.15) is 30.5 Å². The third-order valence-electron chi connectivity index (χ3n) is 5.19. The zero-order valence-corrected chi connectivity index (χ0v) is 18.5. The molecule has 2 aromatic carbocycles. The summed E-state index contributed by atoms with van der Waals surface area (Å²) in [5.74, 6) is 0.543. The summed E-state index contributed by atoms with van der Waals surface area (Å²) in [6.07, 6.45) is 3.38. The number of amides is 1. The van der Waals surface area contributed by atoms with E-state index in [4.69, 9.17) is 13.9 Å². The van der Waals surface area contributed by atoms with Gasteiger partial charge in [0, 0.05) is 41.3 Å². The summed E-state index contributed by atoms with van der Waals surface area (Å²) < 4.78 is 16.7. The molecule has 0 aliphatic carbocycles. The zero-order valence-electron chi connectivity index (χ0n) is 18.5. The van der Waals surface area contributed by atoms with Crippen molar-refractivity contribution < 1.29 is 18.7 Å². The number of fused-ring (bicyclic) bond motifs is 1. The van der Waals surface area contributed by atoms with E-state index >= 15 is 0 Å². The van der Waals surface area contributed by atoms with Crippen LogP contribution < -0.4 is 10.1 Å². The Balaban J connectivity index is 2.07. The summed E-state index contributed by atoms with van der Waals surface area (Å²) in [5, 5.41) is 3.90. The monoisotopic (exact) mass is 407 g/mol. The Morgan fingerprint density at radius 1 is 1.20 bits per heavy atom. The SMILES string of the molecule is COCC(C)NC(=O)/C=C(\C)c1cc2c(-c3ccc(C)cc3)coc2c(C)c1OC.